The largest absolute Gasteiger partial charge is 0.493 e. The summed E-state index contributed by atoms with van der Waals surface area (Å²) in [6.45, 7) is -1.29. The van der Waals surface area contributed by atoms with E-state index in [9.17, 15) is 22.8 Å². The minimum Gasteiger partial charge on any atom is -0.493 e. The van der Waals surface area contributed by atoms with Crippen molar-refractivity contribution >= 4 is 11.9 Å². The van der Waals surface area contributed by atoms with Gasteiger partial charge in [-0.25, -0.2) is 0 Å². The fraction of sp³-hybridized carbons (Fsp3) is 0.500. The van der Waals surface area contributed by atoms with Crippen molar-refractivity contribution in [3.63, 3.8) is 0 Å². The standard InChI is InChI=1S/C16H18F3NO6/c1-24-10-6-9(7-11(25-2)12(10)26-3)13(21)20-5-4-15(8-20,14(22)23)16(17,18)19/h6-7H,4-5,8H2,1-3H3,(H,22,23). The van der Waals surface area contributed by atoms with Crippen LogP contribution in [0.1, 0.15) is 16.8 Å². The lowest BCUT2D eigenvalue weighted by Gasteiger charge is -2.27. The molecule has 1 atom stereocenters. The summed E-state index contributed by atoms with van der Waals surface area (Å²) in [5.41, 5.74) is -2.97. The van der Waals surface area contributed by atoms with Crippen molar-refractivity contribution in [2.45, 2.75) is 12.6 Å². The van der Waals surface area contributed by atoms with Crippen LogP contribution in [0, 0.1) is 5.41 Å². The van der Waals surface area contributed by atoms with E-state index in [4.69, 9.17) is 19.3 Å². The number of ether oxygens (including phenoxy) is 3. The number of carboxylic acid groups (broad SMARTS) is 1. The van der Waals surface area contributed by atoms with Gasteiger partial charge in [0.15, 0.2) is 16.9 Å². The number of carbonyl (C=O) groups is 2. The number of methoxy groups -OCH3 is 3. The smallest absolute Gasteiger partial charge is 0.406 e. The zero-order valence-electron chi connectivity index (χ0n) is 14.3. The normalized spacial score (nSPS) is 20.0. The monoisotopic (exact) mass is 377 g/mol. The molecule has 1 N–H and O–H groups in total. The average Bonchev–Trinajstić information content (AvgIpc) is 3.06. The molecule has 0 radical (unpaired) electrons. The number of rotatable bonds is 5. The lowest BCUT2D eigenvalue weighted by atomic mass is 9.86. The zero-order chi connectivity index (χ0) is 19.7. The molecular formula is C16H18F3NO6. The molecule has 1 aromatic rings. The van der Waals surface area contributed by atoms with Crippen molar-refractivity contribution in [2.24, 2.45) is 5.41 Å². The van der Waals surface area contributed by atoms with Crippen molar-refractivity contribution < 1.29 is 42.1 Å². The molecule has 10 heteroatoms. The van der Waals surface area contributed by atoms with E-state index in [0.717, 1.165) is 4.90 Å². The topological polar surface area (TPSA) is 85.3 Å². The van der Waals surface area contributed by atoms with Gasteiger partial charge < -0.3 is 24.2 Å². The number of hydrogen-bond acceptors (Lipinski definition) is 5. The Labute approximate surface area is 147 Å². The first-order valence-corrected chi connectivity index (χ1v) is 7.50. The summed E-state index contributed by atoms with van der Waals surface area (Å²) < 4.78 is 55.2. The second-order valence-corrected chi connectivity index (χ2v) is 5.78. The molecule has 1 amide bonds. The lowest BCUT2D eigenvalue weighted by Crippen LogP contribution is -2.47. The van der Waals surface area contributed by atoms with Gasteiger partial charge in [0.2, 0.25) is 5.75 Å². The number of benzene rings is 1. The Morgan fingerprint density at radius 3 is 2.00 bits per heavy atom. The van der Waals surface area contributed by atoms with Gasteiger partial charge in [-0.05, 0) is 18.6 Å². The number of aliphatic carboxylic acids is 1. The maximum atomic E-state index is 13.3. The van der Waals surface area contributed by atoms with Crippen molar-refractivity contribution in [2.75, 3.05) is 34.4 Å². The van der Waals surface area contributed by atoms with Gasteiger partial charge in [0, 0.05) is 18.7 Å². The highest BCUT2D eigenvalue weighted by atomic mass is 19.4. The number of likely N-dealkylation sites (tertiary alicyclic amines) is 1. The quantitative estimate of drug-likeness (QED) is 0.847. The van der Waals surface area contributed by atoms with Crippen molar-refractivity contribution in [1.29, 1.82) is 0 Å². The third-order valence-corrected chi connectivity index (χ3v) is 4.42. The van der Waals surface area contributed by atoms with Gasteiger partial charge in [0.05, 0.1) is 21.3 Å². The SMILES string of the molecule is COc1cc(C(=O)N2CCC(C(=O)O)(C(F)(F)F)C2)cc(OC)c1OC. The van der Waals surface area contributed by atoms with Crippen LogP contribution >= 0.6 is 0 Å². The number of amides is 1. The molecule has 26 heavy (non-hydrogen) atoms. The lowest BCUT2D eigenvalue weighted by molar-refractivity contribution is -0.227. The number of carboxylic acids is 1. The Morgan fingerprint density at radius 1 is 1.12 bits per heavy atom. The summed E-state index contributed by atoms with van der Waals surface area (Å²) in [4.78, 5) is 24.7. The Bertz CT molecular complexity index is 695. The Hall–Kier alpha value is -2.65. The minimum absolute atomic E-state index is 0.00265. The predicted octanol–water partition coefficient (Wildman–Crippen LogP) is 2.19. The Balaban J connectivity index is 2.38. The number of halogens is 3. The first-order valence-electron chi connectivity index (χ1n) is 7.50. The molecule has 2 rings (SSSR count). The van der Waals surface area contributed by atoms with E-state index in [-0.39, 0.29) is 29.4 Å². The third-order valence-electron chi connectivity index (χ3n) is 4.42. The van der Waals surface area contributed by atoms with E-state index >= 15 is 0 Å². The van der Waals surface area contributed by atoms with Gasteiger partial charge in [0.1, 0.15) is 0 Å². The molecule has 1 aliphatic rings. The van der Waals surface area contributed by atoms with E-state index in [1.165, 1.54) is 33.5 Å². The number of hydrogen-bond donors (Lipinski definition) is 1. The second kappa shape index (κ2) is 6.93. The van der Waals surface area contributed by atoms with E-state index in [1.54, 1.807) is 0 Å². The summed E-state index contributed by atoms with van der Waals surface area (Å²) in [5, 5.41) is 9.09. The van der Waals surface area contributed by atoms with Crippen LogP contribution in [0.2, 0.25) is 0 Å². The van der Waals surface area contributed by atoms with Gasteiger partial charge in [-0.3, -0.25) is 9.59 Å². The van der Waals surface area contributed by atoms with Crippen LogP contribution in [-0.4, -0.2) is 62.5 Å². The predicted molar refractivity (Wildman–Crippen MR) is 82.7 cm³/mol. The first kappa shape index (κ1) is 19.7. The molecule has 0 bridgehead atoms. The number of alkyl halides is 3. The fourth-order valence-corrected chi connectivity index (χ4v) is 2.90. The average molecular weight is 377 g/mol. The van der Waals surface area contributed by atoms with E-state index in [1.807, 2.05) is 0 Å². The van der Waals surface area contributed by atoms with Crippen molar-refractivity contribution in [3.05, 3.63) is 17.7 Å². The maximum absolute atomic E-state index is 13.3. The highest BCUT2D eigenvalue weighted by Gasteiger charge is 2.64. The van der Waals surface area contributed by atoms with E-state index in [0.29, 0.717) is 0 Å². The van der Waals surface area contributed by atoms with Crippen LogP contribution in [0.5, 0.6) is 17.2 Å². The molecule has 0 saturated carbocycles. The van der Waals surface area contributed by atoms with Crippen LogP contribution < -0.4 is 14.2 Å². The fourth-order valence-electron chi connectivity index (χ4n) is 2.90. The van der Waals surface area contributed by atoms with Gasteiger partial charge in [0.25, 0.3) is 5.91 Å². The van der Waals surface area contributed by atoms with Crippen LogP contribution in [0.25, 0.3) is 0 Å². The first-order chi connectivity index (χ1) is 12.1. The minimum atomic E-state index is -4.97. The van der Waals surface area contributed by atoms with Crippen LogP contribution in [0.3, 0.4) is 0 Å². The van der Waals surface area contributed by atoms with Crippen LogP contribution in [0.4, 0.5) is 13.2 Å². The van der Waals surface area contributed by atoms with Gasteiger partial charge in [-0.15, -0.1) is 0 Å². The molecule has 0 spiro atoms. The van der Waals surface area contributed by atoms with Crippen molar-refractivity contribution in [3.8, 4) is 17.2 Å². The molecule has 144 valence electrons. The summed E-state index contributed by atoms with van der Waals surface area (Å²) in [6.07, 6.45) is -5.68. The third kappa shape index (κ3) is 3.11. The van der Waals surface area contributed by atoms with Crippen LogP contribution in [-0.2, 0) is 4.79 Å². The maximum Gasteiger partial charge on any atom is 0.406 e. The molecule has 1 aromatic carbocycles. The molecule has 1 unspecified atom stereocenters. The summed E-state index contributed by atoms with van der Waals surface area (Å²) in [6, 6.07) is 2.61. The zero-order valence-corrected chi connectivity index (χ0v) is 14.3. The molecule has 1 aliphatic heterocycles. The Morgan fingerprint density at radius 2 is 1.65 bits per heavy atom. The van der Waals surface area contributed by atoms with Crippen LogP contribution in [0.15, 0.2) is 12.1 Å². The molecule has 1 saturated heterocycles. The molecule has 1 heterocycles. The van der Waals surface area contributed by atoms with Gasteiger partial charge >= 0.3 is 12.1 Å². The highest BCUT2D eigenvalue weighted by molar-refractivity contribution is 5.96. The van der Waals surface area contributed by atoms with Gasteiger partial charge in [-0.2, -0.15) is 13.2 Å². The van der Waals surface area contributed by atoms with E-state index < -0.39 is 36.4 Å². The highest BCUT2D eigenvalue weighted by Crippen LogP contribution is 2.46. The summed E-state index contributed by atoms with van der Waals surface area (Å²) in [5.74, 6) is -2.20. The second-order valence-electron chi connectivity index (χ2n) is 5.78. The molecular weight excluding hydrogens is 359 g/mol. The number of carbonyl (C=O) groups excluding carboxylic acids is 1. The molecule has 7 nitrogen and oxygen atoms in total. The summed E-state index contributed by atoms with van der Waals surface area (Å²) in [7, 11) is 4.04. The van der Waals surface area contributed by atoms with E-state index in [2.05, 4.69) is 0 Å². The van der Waals surface area contributed by atoms with Gasteiger partial charge in [-0.1, -0.05) is 0 Å². The Kier molecular flexibility index (Phi) is 5.24. The molecule has 0 aliphatic carbocycles. The van der Waals surface area contributed by atoms with Crippen molar-refractivity contribution in [1.82, 2.24) is 4.90 Å². The number of nitrogens with zero attached hydrogens (tertiary/aromatic N) is 1. The molecule has 1 fully saturated rings. The molecule has 0 aromatic heterocycles. The summed E-state index contributed by atoms with van der Waals surface area (Å²) >= 11 is 0.